The molecule has 32 heavy (non-hydrogen) atoms. The fraction of sp³-hybridized carbons (Fsp3) is 0.720. The lowest BCUT2D eigenvalue weighted by molar-refractivity contribution is 0.0355. The van der Waals surface area contributed by atoms with Crippen LogP contribution in [0.25, 0.3) is 0 Å². The van der Waals surface area contributed by atoms with Crippen LogP contribution >= 0.6 is 24.0 Å². The fourth-order valence-corrected chi connectivity index (χ4v) is 4.69. The maximum atomic E-state index is 5.67. The lowest BCUT2D eigenvalue weighted by atomic mass is 9.88. The highest BCUT2D eigenvalue weighted by Gasteiger charge is 2.34. The highest BCUT2D eigenvalue weighted by atomic mass is 127. The van der Waals surface area contributed by atoms with Gasteiger partial charge in [0.05, 0.1) is 0 Å². The molecule has 0 radical (unpaired) electrons. The van der Waals surface area contributed by atoms with Crippen LogP contribution < -0.4 is 16.0 Å². The van der Waals surface area contributed by atoms with Gasteiger partial charge in [0.1, 0.15) is 0 Å². The molecular weight excluding hydrogens is 513 g/mol. The summed E-state index contributed by atoms with van der Waals surface area (Å²) in [6, 6.07) is 11.0. The van der Waals surface area contributed by atoms with Crippen molar-refractivity contribution in [3.63, 3.8) is 0 Å². The number of hydrogen-bond donors (Lipinski definition) is 3. The van der Waals surface area contributed by atoms with Gasteiger partial charge in [0.25, 0.3) is 0 Å². The Morgan fingerprint density at radius 1 is 1.16 bits per heavy atom. The van der Waals surface area contributed by atoms with Gasteiger partial charge in [-0.05, 0) is 70.1 Å². The minimum absolute atomic E-state index is 0. The van der Waals surface area contributed by atoms with Crippen LogP contribution in [0.3, 0.4) is 0 Å². The van der Waals surface area contributed by atoms with Crippen molar-refractivity contribution >= 4 is 29.9 Å². The first-order valence-corrected chi connectivity index (χ1v) is 12.2. The highest BCUT2D eigenvalue weighted by Crippen LogP contribution is 2.25. The zero-order valence-electron chi connectivity index (χ0n) is 20.2. The third kappa shape index (κ3) is 8.80. The van der Waals surface area contributed by atoms with E-state index in [0.29, 0.717) is 6.04 Å². The first-order chi connectivity index (χ1) is 15.1. The molecule has 3 N–H and O–H groups in total. The van der Waals surface area contributed by atoms with Gasteiger partial charge in [-0.3, -0.25) is 4.99 Å². The van der Waals surface area contributed by atoms with Gasteiger partial charge in [-0.25, -0.2) is 0 Å². The van der Waals surface area contributed by atoms with Gasteiger partial charge in [-0.2, -0.15) is 0 Å². The molecule has 182 valence electrons. The van der Waals surface area contributed by atoms with E-state index in [0.717, 1.165) is 57.4 Å². The second-order valence-corrected chi connectivity index (χ2v) is 9.40. The topological polar surface area (TPSA) is 60.9 Å². The van der Waals surface area contributed by atoms with E-state index in [2.05, 4.69) is 70.0 Å². The number of benzene rings is 1. The standard InChI is InChI=1S/C25H43N5O.HI/c1-21-10-16-30(17-11-21)15-7-14-27-24(26-3)28-20-25(12-18-31-19-13-25)29-22(2)23-8-5-4-6-9-23;/h4-6,8-9,21-22,29H,7,10-20H2,1-3H3,(H2,26,27,28);1H. The van der Waals surface area contributed by atoms with E-state index in [1.165, 1.54) is 38.0 Å². The van der Waals surface area contributed by atoms with Crippen molar-refractivity contribution in [3.8, 4) is 0 Å². The number of nitrogens with zero attached hydrogens (tertiary/aromatic N) is 2. The monoisotopic (exact) mass is 557 g/mol. The Balaban J connectivity index is 0.00000363. The molecule has 7 heteroatoms. The van der Waals surface area contributed by atoms with Gasteiger partial charge in [0.15, 0.2) is 5.96 Å². The molecule has 3 rings (SSSR count). The first-order valence-electron chi connectivity index (χ1n) is 12.2. The Labute approximate surface area is 212 Å². The summed E-state index contributed by atoms with van der Waals surface area (Å²) in [5.41, 5.74) is 1.33. The molecule has 1 aromatic carbocycles. The molecule has 2 aliphatic rings. The highest BCUT2D eigenvalue weighted by molar-refractivity contribution is 14.0. The maximum absolute atomic E-state index is 5.67. The zero-order valence-corrected chi connectivity index (χ0v) is 22.6. The first kappa shape index (κ1) is 27.3. The zero-order chi connectivity index (χ0) is 21.9. The minimum atomic E-state index is 0. The quantitative estimate of drug-likeness (QED) is 0.187. The van der Waals surface area contributed by atoms with E-state index in [1.807, 2.05) is 7.05 Å². The van der Waals surface area contributed by atoms with E-state index < -0.39 is 0 Å². The second-order valence-electron chi connectivity index (χ2n) is 9.40. The molecule has 0 aliphatic carbocycles. The molecule has 0 amide bonds. The molecule has 6 nitrogen and oxygen atoms in total. The molecule has 2 fully saturated rings. The van der Waals surface area contributed by atoms with Crippen molar-refractivity contribution in [1.82, 2.24) is 20.9 Å². The number of likely N-dealkylation sites (tertiary alicyclic amines) is 1. The SMILES string of the molecule is CN=C(NCCCN1CCC(C)CC1)NCC1(NC(C)c2ccccc2)CCOCC1.I. The number of piperidine rings is 1. The summed E-state index contributed by atoms with van der Waals surface area (Å²) in [4.78, 5) is 7.06. The Bertz CT molecular complexity index is 658. The van der Waals surface area contributed by atoms with Crippen molar-refractivity contribution in [1.29, 1.82) is 0 Å². The summed E-state index contributed by atoms with van der Waals surface area (Å²) < 4.78 is 5.67. The van der Waals surface area contributed by atoms with Crippen LogP contribution in [0.1, 0.15) is 57.6 Å². The van der Waals surface area contributed by atoms with Crippen LogP contribution in [-0.4, -0.2) is 69.4 Å². The molecule has 0 bridgehead atoms. The molecule has 1 atom stereocenters. The summed E-state index contributed by atoms with van der Waals surface area (Å²) in [5, 5.41) is 11.0. The number of aliphatic imine (C=N–C) groups is 1. The summed E-state index contributed by atoms with van der Waals surface area (Å²) in [6.45, 7) is 11.7. The van der Waals surface area contributed by atoms with E-state index >= 15 is 0 Å². The Hall–Kier alpha value is -0.900. The summed E-state index contributed by atoms with van der Waals surface area (Å²) in [6.07, 6.45) is 5.84. The molecule has 2 aliphatic heterocycles. The molecule has 1 aromatic rings. The largest absolute Gasteiger partial charge is 0.381 e. The van der Waals surface area contributed by atoms with Crippen molar-refractivity contribution < 1.29 is 4.74 Å². The molecule has 0 aromatic heterocycles. The molecule has 0 saturated carbocycles. The van der Waals surface area contributed by atoms with Gasteiger partial charge in [0, 0.05) is 44.9 Å². The number of hydrogen-bond acceptors (Lipinski definition) is 4. The molecule has 2 saturated heterocycles. The van der Waals surface area contributed by atoms with E-state index in [4.69, 9.17) is 4.74 Å². The molecule has 1 unspecified atom stereocenters. The van der Waals surface area contributed by atoms with Crippen molar-refractivity contribution in [2.24, 2.45) is 10.9 Å². The van der Waals surface area contributed by atoms with Gasteiger partial charge in [-0.15, -0.1) is 24.0 Å². The summed E-state index contributed by atoms with van der Waals surface area (Å²) >= 11 is 0. The molecule has 0 spiro atoms. The van der Waals surface area contributed by atoms with Crippen LogP contribution in [0.2, 0.25) is 0 Å². The average Bonchev–Trinajstić information content (AvgIpc) is 2.81. The molecule has 2 heterocycles. The van der Waals surface area contributed by atoms with Gasteiger partial charge in [0.2, 0.25) is 0 Å². The number of guanidine groups is 1. The smallest absolute Gasteiger partial charge is 0.191 e. The Morgan fingerprint density at radius 3 is 2.50 bits per heavy atom. The van der Waals surface area contributed by atoms with Crippen molar-refractivity contribution in [2.45, 2.75) is 57.5 Å². The van der Waals surface area contributed by atoms with E-state index in [9.17, 15) is 0 Å². The van der Waals surface area contributed by atoms with Gasteiger partial charge in [-0.1, -0.05) is 37.3 Å². The van der Waals surface area contributed by atoms with Crippen LogP contribution in [0.4, 0.5) is 0 Å². The third-order valence-corrected chi connectivity index (χ3v) is 6.91. The van der Waals surface area contributed by atoms with Gasteiger partial charge >= 0.3 is 0 Å². The molecular formula is C25H44IN5O. The Kier molecular flexibility index (Phi) is 12.3. The lowest BCUT2D eigenvalue weighted by Gasteiger charge is -2.41. The van der Waals surface area contributed by atoms with Crippen molar-refractivity contribution in [3.05, 3.63) is 35.9 Å². The Morgan fingerprint density at radius 2 is 1.84 bits per heavy atom. The maximum Gasteiger partial charge on any atom is 0.191 e. The van der Waals surface area contributed by atoms with Crippen LogP contribution in [0.15, 0.2) is 35.3 Å². The third-order valence-electron chi connectivity index (χ3n) is 6.91. The normalized spacial score (nSPS) is 20.9. The summed E-state index contributed by atoms with van der Waals surface area (Å²) in [5.74, 6) is 1.79. The predicted molar refractivity (Wildman–Crippen MR) is 145 cm³/mol. The fourth-order valence-electron chi connectivity index (χ4n) is 4.69. The van der Waals surface area contributed by atoms with E-state index in [1.54, 1.807) is 0 Å². The van der Waals surface area contributed by atoms with Crippen LogP contribution in [-0.2, 0) is 4.74 Å². The van der Waals surface area contributed by atoms with Crippen LogP contribution in [0, 0.1) is 5.92 Å². The number of ether oxygens (including phenoxy) is 1. The summed E-state index contributed by atoms with van der Waals surface area (Å²) in [7, 11) is 1.86. The van der Waals surface area contributed by atoms with E-state index in [-0.39, 0.29) is 29.5 Å². The number of halogens is 1. The van der Waals surface area contributed by atoms with Crippen LogP contribution in [0.5, 0.6) is 0 Å². The lowest BCUT2D eigenvalue weighted by Crippen LogP contribution is -2.58. The number of nitrogens with one attached hydrogen (secondary N) is 3. The predicted octanol–water partition coefficient (Wildman–Crippen LogP) is 3.79. The van der Waals surface area contributed by atoms with Gasteiger partial charge < -0.3 is 25.6 Å². The van der Waals surface area contributed by atoms with Crippen molar-refractivity contribution in [2.75, 3.05) is 53.0 Å². The second kappa shape index (κ2) is 14.4. The average molecular weight is 558 g/mol. The number of rotatable bonds is 9. The minimum Gasteiger partial charge on any atom is -0.381 e.